The van der Waals surface area contributed by atoms with Crippen molar-refractivity contribution in [3.63, 3.8) is 0 Å². The average molecular weight is 388 g/mol. The summed E-state index contributed by atoms with van der Waals surface area (Å²) in [4.78, 5) is 4.57. The van der Waals surface area contributed by atoms with E-state index >= 15 is 0 Å². The number of aromatic nitrogens is 3. The van der Waals surface area contributed by atoms with Crippen molar-refractivity contribution < 1.29 is 12.8 Å². The second-order valence-electron chi connectivity index (χ2n) is 6.40. The highest BCUT2D eigenvalue weighted by Crippen LogP contribution is 2.14. The molecule has 0 aliphatic carbocycles. The highest BCUT2D eigenvalue weighted by Gasteiger charge is 2.14. The third-order valence-corrected chi connectivity index (χ3v) is 5.73. The third kappa shape index (κ3) is 4.99. The molecule has 0 aliphatic heterocycles. The standard InChI is InChI=1S/C19H21FN4O2S/c1-13-6-7-17(10-14(13)2)27(25,26)21-9-8-18-22-19(24-23-18)12-15-4-3-5-16(20)11-15/h3-7,10-11,21H,8-9,12H2,1-2H3,(H,22,23,24). The molecule has 0 radical (unpaired) electrons. The van der Waals surface area contributed by atoms with Crippen LogP contribution in [0.25, 0.3) is 0 Å². The highest BCUT2D eigenvalue weighted by atomic mass is 32.2. The largest absolute Gasteiger partial charge is 0.263 e. The van der Waals surface area contributed by atoms with Crippen LogP contribution in [0.4, 0.5) is 4.39 Å². The Morgan fingerprint density at radius 1 is 1.11 bits per heavy atom. The van der Waals surface area contributed by atoms with E-state index < -0.39 is 10.0 Å². The van der Waals surface area contributed by atoms with Gasteiger partial charge in [-0.2, -0.15) is 5.10 Å². The summed E-state index contributed by atoms with van der Waals surface area (Å²) in [7, 11) is -3.57. The molecule has 0 amide bonds. The van der Waals surface area contributed by atoms with Gasteiger partial charge in [0.25, 0.3) is 0 Å². The van der Waals surface area contributed by atoms with E-state index in [1.165, 1.54) is 12.1 Å². The van der Waals surface area contributed by atoms with Gasteiger partial charge in [0.2, 0.25) is 10.0 Å². The first-order valence-corrected chi connectivity index (χ1v) is 10.0. The van der Waals surface area contributed by atoms with Gasteiger partial charge in [0.15, 0.2) is 5.82 Å². The van der Waals surface area contributed by atoms with Gasteiger partial charge in [-0.05, 0) is 54.8 Å². The number of nitrogens with zero attached hydrogens (tertiary/aromatic N) is 2. The molecule has 1 aromatic heterocycles. The van der Waals surface area contributed by atoms with Crippen LogP contribution in [0.2, 0.25) is 0 Å². The molecule has 27 heavy (non-hydrogen) atoms. The van der Waals surface area contributed by atoms with E-state index in [1.807, 2.05) is 19.9 Å². The van der Waals surface area contributed by atoms with Gasteiger partial charge < -0.3 is 0 Å². The normalized spacial score (nSPS) is 11.7. The molecular weight excluding hydrogens is 367 g/mol. The van der Waals surface area contributed by atoms with Crippen molar-refractivity contribution in [1.82, 2.24) is 19.9 Å². The van der Waals surface area contributed by atoms with Crippen molar-refractivity contribution in [3.8, 4) is 0 Å². The van der Waals surface area contributed by atoms with Gasteiger partial charge in [0, 0.05) is 19.4 Å². The summed E-state index contributed by atoms with van der Waals surface area (Å²) in [6.07, 6.45) is 0.781. The topological polar surface area (TPSA) is 87.7 Å². The molecule has 0 aliphatic rings. The Bertz CT molecular complexity index is 1050. The minimum Gasteiger partial charge on any atom is -0.263 e. The number of halogens is 1. The first-order chi connectivity index (χ1) is 12.8. The monoisotopic (exact) mass is 388 g/mol. The molecule has 1 heterocycles. The molecule has 142 valence electrons. The van der Waals surface area contributed by atoms with E-state index in [9.17, 15) is 12.8 Å². The number of nitrogens with one attached hydrogen (secondary N) is 2. The second-order valence-corrected chi connectivity index (χ2v) is 8.17. The van der Waals surface area contributed by atoms with Crippen LogP contribution in [0.3, 0.4) is 0 Å². The molecule has 8 heteroatoms. The zero-order valence-electron chi connectivity index (χ0n) is 15.2. The molecule has 0 saturated carbocycles. The van der Waals surface area contributed by atoms with Crippen LogP contribution < -0.4 is 4.72 Å². The number of H-pyrrole nitrogens is 1. The van der Waals surface area contributed by atoms with Crippen LogP contribution in [0.5, 0.6) is 0 Å². The molecule has 0 bridgehead atoms. The number of hydrogen-bond acceptors (Lipinski definition) is 4. The van der Waals surface area contributed by atoms with Gasteiger partial charge in [-0.15, -0.1) is 0 Å². The number of sulfonamides is 1. The summed E-state index contributed by atoms with van der Waals surface area (Å²) < 4.78 is 40.5. The average Bonchev–Trinajstić information content (AvgIpc) is 3.04. The minimum absolute atomic E-state index is 0.187. The maximum Gasteiger partial charge on any atom is 0.240 e. The summed E-state index contributed by atoms with van der Waals surface area (Å²) in [6.45, 7) is 4.00. The van der Waals surface area contributed by atoms with Gasteiger partial charge in [-0.1, -0.05) is 18.2 Å². The van der Waals surface area contributed by atoms with E-state index in [0.717, 1.165) is 16.7 Å². The van der Waals surface area contributed by atoms with Crippen LogP contribution in [0.15, 0.2) is 47.4 Å². The summed E-state index contributed by atoms with van der Waals surface area (Å²) >= 11 is 0. The van der Waals surface area contributed by atoms with Crippen LogP contribution in [-0.2, 0) is 22.9 Å². The Morgan fingerprint density at radius 2 is 1.93 bits per heavy atom. The maximum atomic E-state index is 13.2. The minimum atomic E-state index is -3.57. The summed E-state index contributed by atoms with van der Waals surface area (Å²) in [5, 5.41) is 6.89. The van der Waals surface area contributed by atoms with Crippen molar-refractivity contribution in [2.75, 3.05) is 6.54 Å². The molecule has 6 nitrogen and oxygen atoms in total. The van der Waals surface area contributed by atoms with E-state index in [2.05, 4.69) is 19.9 Å². The predicted molar refractivity (Wildman–Crippen MR) is 100 cm³/mol. The van der Waals surface area contributed by atoms with Gasteiger partial charge >= 0.3 is 0 Å². The van der Waals surface area contributed by atoms with Crippen molar-refractivity contribution in [1.29, 1.82) is 0 Å². The van der Waals surface area contributed by atoms with E-state index in [0.29, 0.717) is 24.5 Å². The van der Waals surface area contributed by atoms with E-state index in [4.69, 9.17) is 0 Å². The van der Waals surface area contributed by atoms with Gasteiger partial charge in [0.1, 0.15) is 11.6 Å². The number of aryl methyl sites for hydroxylation is 2. The molecule has 0 saturated heterocycles. The quantitative estimate of drug-likeness (QED) is 0.651. The Morgan fingerprint density at radius 3 is 2.67 bits per heavy atom. The Kier molecular flexibility index (Phi) is 5.67. The fraction of sp³-hybridized carbons (Fsp3) is 0.263. The summed E-state index contributed by atoms with van der Waals surface area (Å²) in [5.41, 5.74) is 2.75. The van der Waals surface area contributed by atoms with E-state index in [1.54, 1.807) is 24.3 Å². The highest BCUT2D eigenvalue weighted by molar-refractivity contribution is 7.89. The number of aromatic amines is 1. The van der Waals surface area contributed by atoms with Crippen molar-refractivity contribution in [2.24, 2.45) is 0 Å². The molecular formula is C19H21FN4O2S. The van der Waals surface area contributed by atoms with E-state index in [-0.39, 0.29) is 17.3 Å². The zero-order valence-corrected chi connectivity index (χ0v) is 16.0. The number of benzene rings is 2. The zero-order chi connectivity index (χ0) is 19.4. The fourth-order valence-electron chi connectivity index (χ4n) is 2.63. The predicted octanol–water partition coefficient (Wildman–Crippen LogP) is 2.67. The van der Waals surface area contributed by atoms with Crippen molar-refractivity contribution in [3.05, 3.63) is 76.6 Å². The first kappa shape index (κ1) is 19.2. The molecule has 2 N–H and O–H groups in total. The molecule has 0 fully saturated rings. The molecule has 0 unspecified atom stereocenters. The lowest BCUT2D eigenvalue weighted by Gasteiger charge is -2.07. The lowest BCUT2D eigenvalue weighted by Crippen LogP contribution is -2.26. The molecule has 0 atom stereocenters. The SMILES string of the molecule is Cc1ccc(S(=O)(=O)NCCc2n[nH]c(Cc3cccc(F)c3)n2)cc1C. The summed E-state index contributed by atoms with van der Waals surface area (Å²) in [6, 6.07) is 11.3. The van der Waals surface area contributed by atoms with Crippen LogP contribution in [0, 0.1) is 19.7 Å². The maximum absolute atomic E-state index is 13.2. The number of hydrogen-bond donors (Lipinski definition) is 2. The van der Waals surface area contributed by atoms with Crippen LogP contribution in [-0.4, -0.2) is 30.1 Å². The molecule has 3 aromatic rings. The Labute approximate surface area is 157 Å². The van der Waals surface area contributed by atoms with Crippen LogP contribution in [0.1, 0.15) is 28.3 Å². The summed E-state index contributed by atoms with van der Waals surface area (Å²) in [5.74, 6) is 0.810. The third-order valence-electron chi connectivity index (χ3n) is 4.27. The lowest BCUT2D eigenvalue weighted by atomic mass is 10.1. The smallest absolute Gasteiger partial charge is 0.240 e. The molecule has 3 rings (SSSR count). The van der Waals surface area contributed by atoms with Gasteiger partial charge in [-0.3, -0.25) is 5.10 Å². The fourth-order valence-corrected chi connectivity index (χ4v) is 3.74. The Balaban J connectivity index is 1.57. The van der Waals surface area contributed by atoms with Gasteiger partial charge in [0.05, 0.1) is 4.90 Å². The van der Waals surface area contributed by atoms with Gasteiger partial charge in [-0.25, -0.2) is 22.5 Å². The number of rotatable bonds is 7. The lowest BCUT2D eigenvalue weighted by molar-refractivity contribution is 0.580. The second kappa shape index (κ2) is 7.98. The first-order valence-electron chi connectivity index (χ1n) is 8.55. The van der Waals surface area contributed by atoms with Crippen molar-refractivity contribution >= 4 is 10.0 Å². The molecule has 2 aromatic carbocycles. The Hall–Kier alpha value is -2.58. The molecule has 0 spiro atoms. The van der Waals surface area contributed by atoms with Crippen molar-refractivity contribution in [2.45, 2.75) is 31.6 Å². The van der Waals surface area contributed by atoms with Crippen LogP contribution >= 0.6 is 0 Å².